The molecule has 2 N–H and O–H groups in total. The zero-order valence-corrected chi connectivity index (χ0v) is 23.7. The zero-order chi connectivity index (χ0) is 29.3. The summed E-state index contributed by atoms with van der Waals surface area (Å²) in [4.78, 5) is 41.4. The molecule has 5 rings (SSSR count). The number of hydrogen-bond acceptors (Lipinski definition) is 6. The first kappa shape index (κ1) is 28.3. The van der Waals surface area contributed by atoms with E-state index in [4.69, 9.17) is 4.74 Å². The quantitative estimate of drug-likeness (QED) is 0.293. The summed E-state index contributed by atoms with van der Waals surface area (Å²) in [7, 11) is 0. The maximum absolute atomic E-state index is 14.7. The molecule has 2 aromatic heterocycles. The van der Waals surface area contributed by atoms with Crippen LogP contribution in [0.25, 0.3) is 15.9 Å². The molecule has 1 fully saturated rings. The van der Waals surface area contributed by atoms with E-state index in [0.717, 1.165) is 23.5 Å². The number of ether oxygens (including phenoxy) is 1. The van der Waals surface area contributed by atoms with Crippen LogP contribution in [0.1, 0.15) is 43.3 Å². The number of piperidine rings is 1. The number of nitrogens with zero attached hydrogens (tertiary/aromatic N) is 2. The monoisotopic (exact) mass is 580 g/mol. The SMILES string of the molecule is CC(C)(C)OC(=O)N1CCC(NC(=O)c2sc3c(ccc(=O)n3-c3ccccc3)c2Nc2ccc(F)cc2F)CC1. The number of nitrogens with one attached hydrogen (secondary N) is 2. The Kier molecular flexibility index (Phi) is 7.81. The molecule has 11 heteroatoms. The highest BCUT2D eigenvalue weighted by Crippen LogP contribution is 2.38. The van der Waals surface area contributed by atoms with E-state index < -0.39 is 29.2 Å². The van der Waals surface area contributed by atoms with Gasteiger partial charge in [-0.25, -0.2) is 13.6 Å². The number of carbonyl (C=O) groups is 2. The maximum Gasteiger partial charge on any atom is 0.410 e. The van der Waals surface area contributed by atoms with Gasteiger partial charge in [0.1, 0.15) is 26.9 Å². The van der Waals surface area contributed by atoms with E-state index >= 15 is 0 Å². The lowest BCUT2D eigenvalue weighted by Crippen LogP contribution is -2.47. The van der Waals surface area contributed by atoms with E-state index in [1.807, 2.05) is 26.8 Å². The Morgan fingerprint density at radius 1 is 1.00 bits per heavy atom. The van der Waals surface area contributed by atoms with Gasteiger partial charge in [0, 0.05) is 36.7 Å². The molecule has 0 unspecified atom stereocenters. The van der Waals surface area contributed by atoms with Crippen molar-refractivity contribution in [2.24, 2.45) is 0 Å². The largest absolute Gasteiger partial charge is 0.444 e. The lowest BCUT2D eigenvalue weighted by molar-refractivity contribution is 0.0199. The van der Waals surface area contributed by atoms with Gasteiger partial charge < -0.3 is 20.3 Å². The number of amides is 2. The average molecular weight is 581 g/mol. The fraction of sp³-hybridized carbons (Fsp3) is 0.300. The summed E-state index contributed by atoms with van der Waals surface area (Å²) in [6, 6.07) is 14.9. The molecule has 0 atom stereocenters. The van der Waals surface area contributed by atoms with Crippen LogP contribution in [0, 0.1) is 11.6 Å². The lowest BCUT2D eigenvalue weighted by Gasteiger charge is -2.33. The van der Waals surface area contributed by atoms with E-state index in [2.05, 4.69) is 10.6 Å². The van der Waals surface area contributed by atoms with E-state index in [-0.39, 0.29) is 22.2 Å². The minimum atomic E-state index is -0.818. The van der Waals surface area contributed by atoms with Crippen LogP contribution >= 0.6 is 11.3 Å². The molecule has 41 heavy (non-hydrogen) atoms. The van der Waals surface area contributed by atoms with Crippen molar-refractivity contribution in [1.29, 1.82) is 0 Å². The Labute approximate surface area is 239 Å². The fourth-order valence-electron chi connectivity index (χ4n) is 4.70. The van der Waals surface area contributed by atoms with Gasteiger partial charge in [-0.3, -0.25) is 14.2 Å². The number of anilines is 2. The Morgan fingerprint density at radius 2 is 1.71 bits per heavy atom. The predicted molar refractivity (Wildman–Crippen MR) is 155 cm³/mol. The molecule has 0 radical (unpaired) electrons. The number of rotatable bonds is 5. The third-order valence-corrected chi connectivity index (χ3v) is 7.82. The van der Waals surface area contributed by atoms with Crippen molar-refractivity contribution in [3.8, 4) is 5.69 Å². The van der Waals surface area contributed by atoms with Gasteiger partial charge in [-0.05, 0) is 63.9 Å². The Balaban J connectivity index is 1.47. The van der Waals surface area contributed by atoms with Crippen molar-refractivity contribution >= 4 is 44.9 Å². The molecule has 2 aromatic carbocycles. The number of para-hydroxylation sites is 1. The Bertz CT molecular complexity index is 1660. The molecule has 2 amide bonds. The number of aromatic nitrogens is 1. The first-order valence-electron chi connectivity index (χ1n) is 13.2. The van der Waals surface area contributed by atoms with Gasteiger partial charge in [0.05, 0.1) is 17.1 Å². The second kappa shape index (κ2) is 11.3. The van der Waals surface area contributed by atoms with Crippen LogP contribution < -0.4 is 16.2 Å². The first-order valence-corrected chi connectivity index (χ1v) is 14.1. The van der Waals surface area contributed by atoms with Crippen molar-refractivity contribution in [3.63, 3.8) is 0 Å². The van der Waals surface area contributed by atoms with Gasteiger partial charge in [-0.2, -0.15) is 0 Å². The number of fused-ring (bicyclic) bond motifs is 1. The fourth-order valence-corrected chi connectivity index (χ4v) is 5.87. The molecule has 1 saturated heterocycles. The van der Waals surface area contributed by atoms with Crippen LogP contribution in [-0.2, 0) is 4.74 Å². The van der Waals surface area contributed by atoms with Crippen molar-refractivity contribution in [1.82, 2.24) is 14.8 Å². The number of thiophene rings is 1. The molecule has 0 aliphatic carbocycles. The summed E-state index contributed by atoms with van der Waals surface area (Å²) >= 11 is 1.10. The van der Waals surface area contributed by atoms with E-state index in [1.165, 1.54) is 16.7 Å². The highest BCUT2D eigenvalue weighted by molar-refractivity contribution is 7.21. The molecular formula is C30H30F2N4O4S. The van der Waals surface area contributed by atoms with Gasteiger partial charge in [0.25, 0.3) is 11.5 Å². The highest BCUT2D eigenvalue weighted by Gasteiger charge is 2.29. The van der Waals surface area contributed by atoms with E-state index in [1.54, 1.807) is 35.2 Å². The van der Waals surface area contributed by atoms with Crippen LogP contribution in [0.3, 0.4) is 0 Å². The topological polar surface area (TPSA) is 92.7 Å². The third-order valence-electron chi connectivity index (χ3n) is 6.63. The maximum atomic E-state index is 14.7. The Morgan fingerprint density at radius 3 is 2.37 bits per heavy atom. The second-order valence-corrected chi connectivity index (χ2v) is 11.8. The number of benzene rings is 2. The number of hydrogen-bond donors (Lipinski definition) is 2. The van der Waals surface area contributed by atoms with Gasteiger partial charge in [0.2, 0.25) is 0 Å². The van der Waals surface area contributed by atoms with E-state index in [0.29, 0.717) is 47.5 Å². The Hall–Kier alpha value is -4.25. The molecule has 3 heterocycles. The summed E-state index contributed by atoms with van der Waals surface area (Å²) in [5.41, 5.74) is 0.0283. The second-order valence-electron chi connectivity index (χ2n) is 10.8. The number of likely N-dealkylation sites (tertiary alicyclic amines) is 1. The standard InChI is InChI=1S/C30H30F2N4O4S/c1-30(2,3)40-29(39)35-15-13-19(14-16-35)33-27(38)26-25(34-23-11-9-18(31)17-22(23)32)21-10-12-24(37)36(28(21)41-26)20-7-5-4-6-8-20/h4-12,17,19,34H,13-16H2,1-3H3,(H,33,38). The summed E-state index contributed by atoms with van der Waals surface area (Å²) in [6.07, 6.45) is 0.665. The van der Waals surface area contributed by atoms with Gasteiger partial charge >= 0.3 is 6.09 Å². The number of pyridine rings is 1. The van der Waals surface area contributed by atoms with Crippen molar-refractivity contribution in [2.45, 2.75) is 45.3 Å². The van der Waals surface area contributed by atoms with Crippen LogP contribution in [-0.4, -0.2) is 46.2 Å². The van der Waals surface area contributed by atoms with Crippen LogP contribution in [0.15, 0.2) is 65.5 Å². The van der Waals surface area contributed by atoms with Crippen molar-refractivity contribution in [2.75, 3.05) is 18.4 Å². The van der Waals surface area contributed by atoms with Gasteiger partial charge in [-0.1, -0.05) is 18.2 Å². The molecule has 8 nitrogen and oxygen atoms in total. The molecule has 214 valence electrons. The smallest absolute Gasteiger partial charge is 0.410 e. The van der Waals surface area contributed by atoms with Gasteiger partial charge in [-0.15, -0.1) is 11.3 Å². The van der Waals surface area contributed by atoms with Crippen molar-refractivity contribution in [3.05, 3.63) is 87.5 Å². The van der Waals surface area contributed by atoms with Gasteiger partial charge in [0.15, 0.2) is 0 Å². The van der Waals surface area contributed by atoms with Crippen LogP contribution in [0.4, 0.5) is 25.0 Å². The normalized spacial score (nSPS) is 14.2. The third kappa shape index (κ3) is 6.25. The molecule has 1 aliphatic heterocycles. The summed E-state index contributed by atoms with van der Waals surface area (Å²) in [6.45, 7) is 6.27. The number of carbonyl (C=O) groups excluding carboxylic acids is 2. The predicted octanol–water partition coefficient (Wildman–Crippen LogP) is 6.20. The molecule has 1 aliphatic rings. The molecule has 4 aromatic rings. The van der Waals surface area contributed by atoms with Crippen molar-refractivity contribution < 1.29 is 23.1 Å². The van der Waals surface area contributed by atoms with E-state index in [9.17, 15) is 23.2 Å². The first-order chi connectivity index (χ1) is 19.5. The summed E-state index contributed by atoms with van der Waals surface area (Å²) < 4.78 is 35.2. The van der Waals surface area contributed by atoms with Crippen LogP contribution in [0.2, 0.25) is 0 Å². The average Bonchev–Trinajstić information content (AvgIpc) is 3.28. The molecule has 0 bridgehead atoms. The highest BCUT2D eigenvalue weighted by atomic mass is 32.1. The minimum Gasteiger partial charge on any atom is -0.444 e. The minimum absolute atomic E-state index is 0.0109. The molecular weight excluding hydrogens is 550 g/mol. The zero-order valence-electron chi connectivity index (χ0n) is 22.9. The van der Waals surface area contributed by atoms with Crippen LogP contribution in [0.5, 0.6) is 0 Å². The molecule has 0 spiro atoms. The number of halogens is 2. The summed E-state index contributed by atoms with van der Waals surface area (Å²) in [5, 5.41) is 6.55. The summed E-state index contributed by atoms with van der Waals surface area (Å²) in [5.74, 6) is -1.95. The lowest BCUT2D eigenvalue weighted by atomic mass is 10.1. The molecule has 0 saturated carbocycles.